The van der Waals surface area contributed by atoms with Gasteiger partial charge in [-0.15, -0.1) is 0 Å². The number of rotatable bonds is 4. The van der Waals surface area contributed by atoms with E-state index in [1.54, 1.807) is 4.90 Å². The molecule has 3 heteroatoms. The first-order chi connectivity index (χ1) is 9.61. The molecule has 0 atom stereocenters. The number of amides is 1. The van der Waals surface area contributed by atoms with Crippen LogP contribution in [0, 0.1) is 13.8 Å². The third-order valence-electron chi connectivity index (χ3n) is 3.24. The second-order valence-electron chi connectivity index (χ2n) is 4.95. The van der Waals surface area contributed by atoms with Crippen molar-refractivity contribution in [1.29, 1.82) is 0 Å². The van der Waals surface area contributed by atoms with Crippen molar-refractivity contribution in [2.24, 2.45) is 5.73 Å². The minimum absolute atomic E-state index is 0.0145. The molecule has 0 heterocycles. The molecule has 2 aromatic rings. The average molecular weight is 268 g/mol. The van der Waals surface area contributed by atoms with E-state index in [1.165, 1.54) is 5.56 Å². The third-order valence-corrected chi connectivity index (χ3v) is 3.24. The first-order valence-corrected chi connectivity index (χ1v) is 6.77. The van der Waals surface area contributed by atoms with Gasteiger partial charge in [-0.25, -0.2) is 0 Å². The molecule has 0 aromatic heterocycles. The predicted molar refractivity (Wildman–Crippen MR) is 83.1 cm³/mol. The van der Waals surface area contributed by atoms with E-state index in [-0.39, 0.29) is 5.91 Å². The topological polar surface area (TPSA) is 46.3 Å². The number of aryl methyl sites for hydroxylation is 2. The SMILES string of the molecule is Cc1ccc(C(=O)N(CCN)c2ccc(C)cc2)cc1. The van der Waals surface area contributed by atoms with Crippen LogP contribution in [-0.4, -0.2) is 19.0 Å². The third kappa shape index (κ3) is 3.25. The normalized spacial score (nSPS) is 10.3. The highest BCUT2D eigenvalue weighted by atomic mass is 16.2. The standard InChI is InChI=1S/C17H20N2O/c1-13-3-7-15(8-4-13)17(20)19(12-11-18)16-9-5-14(2)6-10-16/h3-10H,11-12,18H2,1-2H3. The molecule has 0 saturated carbocycles. The number of benzene rings is 2. The summed E-state index contributed by atoms with van der Waals surface area (Å²) in [5.41, 5.74) is 9.52. The molecule has 0 bridgehead atoms. The van der Waals surface area contributed by atoms with Crippen molar-refractivity contribution in [3.8, 4) is 0 Å². The zero-order valence-corrected chi connectivity index (χ0v) is 12.0. The second-order valence-corrected chi connectivity index (χ2v) is 4.95. The molecule has 2 rings (SSSR count). The molecule has 0 aliphatic heterocycles. The Bertz CT molecular complexity index is 573. The largest absolute Gasteiger partial charge is 0.329 e. The van der Waals surface area contributed by atoms with Gasteiger partial charge in [0.05, 0.1) is 0 Å². The molecular formula is C17H20N2O. The number of nitrogens with zero attached hydrogens (tertiary/aromatic N) is 1. The van der Waals surface area contributed by atoms with Crippen LogP contribution in [0.25, 0.3) is 0 Å². The Morgan fingerprint density at radius 3 is 1.95 bits per heavy atom. The van der Waals surface area contributed by atoms with Crippen LogP contribution >= 0.6 is 0 Å². The summed E-state index contributed by atoms with van der Waals surface area (Å²) in [5.74, 6) is -0.0145. The van der Waals surface area contributed by atoms with Crippen molar-refractivity contribution >= 4 is 11.6 Å². The van der Waals surface area contributed by atoms with Gasteiger partial charge in [0.2, 0.25) is 0 Å². The summed E-state index contributed by atoms with van der Waals surface area (Å²) in [5, 5.41) is 0. The zero-order chi connectivity index (χ0) is 14.5. The molecule has 0 aliphatic rings. The van der Waals surface area contributed by atoms with Crippen molar-refractivity contribution in [3.63, 3.8) is 0 Å². The van der Waals surface area contributed by atoms with E-state index in [0.29, 0.717) is 18.7 Å². The molecule has 0 unspecified atom stereocenters. The summed E-state index contributed by atoms with van der Waals surface area (Å²) in [4.78, 5) is 14.3. The van der Waals surface area contributed by atoms with Gasteiger partial charge < -0.3 is 10.6 Å². The van der Waals surface area contributed by atoms with Crippen LogP contribution in [0.2, 0.25) is 0 Å². The van der Waals surface area contributed by atoms with E-state index in [0.717, 1.165) is 11.3 Å². The van der Waals surface area contributed by atoms with Gasteiger partial charge in [-0.05, 0) is 38.1 Å². The first-order valence-electron chi connectivity index (χ1n) is 6.77. The number of nitrogens with two attached hydrogens (primary N) is 1. The zero-order valence-electron chi connectivity index (χ0n) is 12.0. The lowest BCUT2D eigenvalue weighted by molar-refractivity contribution is 0.0987. The molecule has 2 N–H and O–H groups in total. The Morgan fingerprint density at radius 1 is 0.950 bits per heavy atom. The second kappa shape index (κ2) is 6.35. The smallest absolute Gasteiger partial charge is 0.258 e. The Kier molecular flexibility index (Phi) is 4.53. The first kappa shape index (κ1) is 14.3. The van der Waals surface area contributed by atoms with Crippen LogP contribution in [-0.2, 0) is 0 Å². The molecular weight excluding hydrogens is 248 g/mol. The van der Waals surface area contributed by atoms with E-state index in [2.05, 4.69) is 0 Å². The number of carbonyl (C=O) groups excluding carboxylic acids is 1. The van der Waals surface area contributed by atoms with Gasteiger partial charge in [0.15, 0.2) is 0 Å². The molecule has 3 nitrogen and oxygen atoms in total. The summed E-state index contributed by atoms with van der Waals surface area (Å²) in [6, 6.07) is 15.5. The highest BCUT2D eigenvalue weighted by Crippen LogP contribution is 2.18. The van der Waals surface area contributed by atoms with Crippen molar-refractivity contribution in [2.75, 3.05) is 18.0 Å². The van der Waals surface area contributed by atoms with Gasteiger partial charge in [-0.2, -0.15) is 0 Å². The van der Waals surface area contributed by atoms with Gasteiger partial charge in [-0.1, -0.05) is 35.4 Å². The Labute approximate surface area is 120 Å². The number of anilines is 1. The number of carbonyl (C=O) groups is 1. The van der Waals surface area contributed by atoms with Gasteiger partial charge in [-0.3, -0.25) is 4.79 Å². The highest BCUT2D eigenvalue weighted by molar-refractivity contribution is 6.06. The van der Waals surface area contributed by atoms with Crippen molar-refractivity contribution in [1.82, 2.24) is 0 Å². The molecule has 0 aliphatic carbocycles. The van der Waals surface area contributed by atoms with E-state index in [9.17, 15) is 4.79 Å². The van der Waals surface area contributed by atoms with Crippen molar-refractivity contribution in [3.05, 3.63) is 65.2 Å². The summed E-state index contributed by atoms with van der Waals surface area (Å²) >= 11 is 0. The lowest BCUT2D eigenvalue weighted by Crippen LogP contribution is -2.35. The van der Waals surface area contributed by atoms with Crippen molar-refractivity contribution in [2.45, 2.75) is 13.8 Å². The van der Waals surface area contributed by atoms with E-state index < -0.39 is 0 Å². The molecule has 1 amide bonds. The summed E-state index contributed by atoms with van der Waals surface area (Å²) in [6.07, 6.45) is 0. The van der Waals surface area contributed by atoms with E-state index in [4.69, 9.17) is 5.73 Å². The van der Waals surface area contributed by atoms with Crippen LogP contribution in [0.4, 0.5) is 5.69 Å². The molecule has 0 radical (unpaired) electrons. The molecule has 0 spiro atoms. The predicted octanol–water partition coefficient (Wildman–Crippen LogP) is 2.91. The number of hydrogen-bond acceptors (Lipinski definition) is 2. The monoisotopic (exact) mass is 268 g/mol. The van der Waals surface area contributed by atoms with Gasteiger partial charge in [0.25, 0.3) is 5.91 Å². The minimum atomic E-state index is -0.0145. The van der Waals surface area contributed by atoms with Gasteiger partial charge in [0.1, 0.15) is 0 Å². The van der Waals surface area contributed by atoms with Crippen LogP contribution in [0.5, 0.6) is 0 Å². The number of hydrogen-bond donors (Lipinski definition) is 1. The fourth-order valence-corrected chi connectivity index (χ4v) is 2.05. The molecule has 0 saturated heterocycles. The van der Waals surface area contributed by atoms with E-state index in [1.807, 2.05) is 62.4 Å². The summed E-state index contributed by atoms with van der Waals surface area (Å²) < 4.78 is 0. The van der Waals surface area contributed by atoms with Crippen LogP contribution in [0.3, 0.4) is 0 Å². The summed E-state index contributed by atoms with van der Waals surface area (Å²) in [6.45, 7) is 4.98. The molecule has 2 aromatic carbocycles. The highest BCUT2D eigenvalue weighted by Gasteiger charge is 2.16. The quantitative estimate of drug-likeness (QED) is 0.926. The maximum absolute atomic E-state index is 12.6. The Balaban J connectivity index is 2.30. The fourth-order valence-electron chi connectivity index (χ4n) is 2.05. The summed E-state index contributed by atoms with van der Waals surface area (Å²) in [7, 11) is 0. The maximum atomic E-state index is 12.6. The van der Waals surface area contributed by atoms with Gasteiger partial charge in [0, 0.05) is 24.3 Å². The molecule has 0 fully saturated rings. The average Bonchev–Trinajstić information content (AvgIpc) is 2.46. The Morgan fingerprint density at radius 2 is 1.45 bits per heavy atom. The fraction of sp³-hybridized carbons (Fsp3) is 0.235. The van der Waals surface area contributed by atoms with Crippen LogP contribution in [0.15, 0.2) is 48.5 Å². The Hall–Kier alpha value is -2.13. The van der Waals surface area contributed by atoms with E-state index >= 15 is 0 Å². The maximum Gasteiger partial charge on any atom is 0.258 e. The van der Waals surface area contributed by atoms with Gasteiger partial charge >= 0.3 is 0 Å². The van der Waals surface area contributed by atoms with Crippen LogP contribution in [0.1, 0.15) is 21.5 Å². The lowest BCUT2D eigenvalue weighted by atomic mass is 10.1. The van der Waals surface area contributed by atoms with Crippen molar-refractivity contribution < 1.29 is 4.79 Å². The minimum Gasteiger partial charge on any atom is -0.329 e. The molecule has 20 heavy (non-hydrogen) atoms. The lowest BCUT2D eigenvalue weighted by Gasteiger charge is -2.22. The van der Waals surface area contributed by atoms with Crippen LogP contribution < -0.4 is 10.6 Å². The molecule has 104 valence electrons.